The standard InChI is InChI=1S/C44H28N6/c1-3-15-29(16-4-1)31-22-13-26-38-40(31)32-19-7-10-23-35(32)50(38)44-47-42(30-17-5-2-6-18-30)46-43(48-44)34-21-9-12-25-37(34)49-36-24-11-8-20-33(36)41-39(49)27-14-28-45-41/h1-28H. The molecule has 50 heavy (non-hydrogen) atoms. The molecule has 0 amide bonds. The van der Waals surface area contributed by atoms with Crippen LogP contribution >= 0.6 is 0 Å². The van der Waals surface area contributed by atoms with Gasteiger partial charge in [0.25, 0.3) is 0 Å². The third kappa shape index (κ3) is 4.36. The number of benzene rings is 6. The Labute approximate surface area is 287 Å². The average Bonchev–Trinajstić information content (AvgIpc) is 3.72. The monoisotopic (exact) mass is 640 g/mol. The molecule has 6 aromatic carbocycles. The van der Waals surface area contributed by atoms with E-state index in [1.807, 2.05) is 48.7 Å². The molecule has 0 spiro atoms. The molecule has 0 fully saturated rings. The van der Waals surface area contributed by atoms with Crippen molar-refractivity contribution in [1.82, 2.24) is 29.1 Å². The third-order valence-corrected chi connectivity index (χ3v) is 9.45. The van der Waals surface area contributed by atoms with Crippen molar-refractivity contribution in [2.45, 2.75) is 0 Å². The summed E-state index contributed by atoms with van der Waals surface area (Å²) in [7, 11) is 0. The zero-order valence-electron chi connectivity index (χ0n) is 26.8. The maximum atomic E-state index is 5.32. The van der Waals surface area contributed by atoms with Crippen molar-refractivity contribution < 1.29 is 0 Å². The fourth-order valence-corrected chi connectivity index (χ4v) is 7.30. The molecule has 0 unspecified atom stereocenters. The van der Waals surface area contributed by atoms with Crippen LogP contribution in [0.1, 0.15) is 0 Å². The van der Waals surface area contributed by atoms with Gasteiger partial charge in [-0.15, -0.1) is 0 Å². The van der Waals surface area contributed by atoms with E-state index in [0.717, 1.165) is 66.1 Å². The highest BCUT2D eigenvalue weighted by Crippen LogP contribution is 2.39. The Balaban J connectivity index is 1.28. The van der Waals surface area contributed by atoms with Gasteiger partial charge in [-0.2, -0.15) is 9.97 Å². The molecule has 4 aromatic heterocycles. The van der Waals surface area contributed by atoms with Gasteiger partial charge < -0.3 is 4.57 Å². The van der Waals surface area contributed by atoms with Crippen LogP contribution in [0.15, 0.2) is 170 Å². The number of nitrogens with zero attached hydrogens (tertiary/aromatic N) is 6. The molecule has 0 saturated carbocycles. The molecular formula is C44H28N6. The first-order valence-corrected chi connectivity index (χ1v) is 16.7. The topological polar surface area (TPSA) is 61.4 Å². The van der Waals surface area contributed by atoms with Crippen molar-refractivity contribution in [3.8, 4) is 45.5 Å². The summed E-state index contributed by atoms with van der Waals surface area (Å²) in [4.78, 5) is 20.5. The first-order chi connectivity index (χ1) is 24.8. The van der Waals surface area contributed by atoms with Crippen molar-refractivity contribution in [2.75, 3.05) is 0 Å². The molecule has 0 atom stereocenters. The predicted octanol–water partition coefficient (Wildman–Crippen LogP) is 10.5. The van der Waals surface area contributed by atoms with E-state index in [2.05, 4.69) is 130 Å². The molecule has 0 N–H and O–H groups in total. The molecule has 0 bridgehead atoms. The fraction of sp³-hybridized carbons (Fsp3) is 0. The Hall–Kier alpha value is -6.92. The van der Waals surface area contributed by atoms with Gasteiger partial charge in [0, 0.05) is 33.5 Å². The molecule has 6 nitrogen and oxygen atoms in total. The van der Waals surface area contributed by atoms with E-state index in [-0.39, 0.29) is 0 Å². The maximum absolute atomic E-state index is 5.32. The largest absolute Gasteiger partial charge is 0.307 e. The summed E-state index contributed by atoms with van der Waals surface area (Å²) in [6.07, 6.45) is 1.85. The second-order valence-electron chi connectivity index (χ2n) is 12.3. The number of hydrogen-bond acceptors (Lipinski definition) is 4. The van der Waals surface area contributed by atoms with Crippen LogP contribution < -0.4 is 0 Å². The molecule has 234 valence electrons. The Morgan fingerprint density at radius 1 is 0.380 bits per heavy atom. The van der Waals surface area contributed by atoms with Gasteiger partial charge in [0.05, 0.1) is 33.3 Å². The predicted molar refractivity (Wildman–Crippen MR) is 203 cm³/mol. The number of para-hydroxylation sites is 3. The molecule has 0 aliphatic carbocycles. The summed E-state index contributed by atoms with van der Waals surface area (Å²) >= 11 is 0. The van der Waals surface area contributed by atoms with Crippen LogP contribution in [0.3, 0.4) is 0 Å². The summed E-state index contributed by atoms with van der Waals surface area (Å²) in [5.74, 6) is 1.75. The molecule has 4 heterocycles. The Kier molecular flexibility index (Phi) is 6.39. The van der Waals surface area contributed by atoms with E-state index in [4.69, 9.17) is 19.9 Å². The molecule has 0 saturated heterocycles. The summed E-state index contributed by atoms with van der Waals surface area (Å²) in [6.45, 7) is 0. The van der Waals surface area contributed by atoms with Gasteiger partial charge in [-0.3, -0.25) is 9.55 Å². The van der Waals surface area contributed by atoms with Gasteiger partial charge in [-0.05, 0) is 53.6 Å². The molecular weight excluding hydrogens is 613 g/mol. The summed E-state index contributed by atoms with van der Waals surface area (Å²) in [5.41, 5.74) is 10.2. The summed E-state index contributed by atoms with van der Waals surface area (Å²) < 4.78 is 4.45. The molecule has 0 aliphatic heterocycles. The van der Waals surface area contributed by atoms with Crippen LogP contribution in [0.2, 0.25) is 0 Å². The van der Waals surface area contributed by atoms with Crippen LogP contribution in [-0.4, -0.2) is 29.1 Å². The second-order valence-corrected chi connectivity index (χ2v) is 12.3. The first kappa shape index (κ1) is 28.1. The van der Waals surface area contributed by atoms with Crippen LogP contribution in [0, 0.1) is 0 Å². The average molecular weight is 641 g/mol. The highest BCUT2D eigenvalue weighted by Gasteiger charge is 2.22. The quantitative estimate of drug-likeness (QED) is 0.188. The number of pyridine rings is 1. The smallest absolute Gasteiger partial charge is 0.238 e. The Bertz CT molecular complexity index is 2820. The minimum absolute atomic E-state index is 0.559. The second kappa shape index (κ2) is 11.4. The SMILES string of the molecule is c1ccc(-c2nc(-c3ccccc3-n3c4ccccc4c4ncccc43)nc(-n3c4ccccc4c4c(-c5ccccc5)cccc43)n2)cc1. The lowest BCUT2D eigenvalue weighted by Gasteiger charge is -2.15. The van der Waals surface area contributed by atoms with Crippen LogP contribution in [-0.2, 0) is 0 Å². The molecule has 6 heteroatoms. The van der Waals surface area contributed by atoms with E-state index in [1.165, 1.54) is 5.56 Å². The van der Waals surface area contributed by atoms with Crippen molar-refractivity contribution in [3.63, 3.8) is 0 Å². The lowest BCUT2D eigenvalue weighted by Crippen LogP contribution is -2.07. The van der Waals surface area contributed by atoms with E-state index < -0.39 is 0 Å². The van der Waals surface area contributed by atoms with Crippen molar-refractivity contribution in [3.05, 3.63) is 170 Å². The fourth-order valence-electron chi connectivity index (χ4n) is 7.30. The molecule has 0 aliphatic rings. The lowest BCUT2D eigenvalue weighted by atomic mass is 9.99. The van der Waals surface area contributed by atoms with Crippen molar-refractivity contribution in [2.24, 2.45) is 0 Å². The lowest BCUT2D eigenvalue weighted by molar-refractivity contribution is 0.951. The van der Waals surface area contributed by atoms with Crippen molar-refractivity contribution in [1.29, 1.82) is 0 Å². The van der Waals surface area contributed by atoms with Gasteiger partial charge in [-0.1, -0.05) is 121 Å². The highest BCUT2D eigenvalue weighted by molar-refractivity contribution is 6.15. The van der Waals surface area contributed by atoms with Crippen LogP contribution in [0.4, 0.5) is 0 Å². The van der Waals surface area contributed by atoms with Crippen LogP contribution in [0.5, 0.6) is 0 Å². The minimum atomic E-state index is 0.559. The van der Waals surface area contributed by atoms with E-state index in [1.54, 1.807) is 0 Å². The zero-order valence-corrected chi connectivity index (χ0v) is 26.8. The molecule has 10 rings (SSSR count). The number of aromatic nitrogens is 6. The van der Waals surface area contributed by atoms with E-state index >= 15 is 0 Å². The van der Waals surface area contributed by atoms with Crippen LogP contribution in [0.25, 0.3) is 89.3 Å². The van der Waals surface area contributed by atoms with Gasteiger partial charge in [0.1, 0.15) is 0 Å². The normalized spacial score (nSPS) is 11.6. The number of fused-ring (bicyclic) bond motifs is 6. The zero-order chi connectivity index (χ0) is 33.0. The van der Waals surface area contributed by atoms with Gasteiger partial charge in [0.15, 0.2) is 11.6 Å². The van der Waals surface area contributed by atoms with Gasteiger partial charge >= 0.3 is 0 Å². The maximum Gasteiger partial charge on any atom is 0.238 e. The summed E-state index contributed by atoms with van der Waals surface area (Å²) in [5, 5.41) is 3.40. The minimum Gasteiger partial charge on any atom is -0.307 e. The Morgan fingerprint density at radius 2 is 0.980 bits per heavy atom. The van der Waals surface area contributed by atoms with Gasteiger partial charge in [-0.25, -0.2) is 4.98 Å². The Morgan fingerprint density at radius 3 is 1.80 bits per heavy atom. The third-order valence-electron chi connectivity index (χ3n) is 9.45. The number of rotatable bonds is 5. The first-order valence-electron chi connectivity index (χ1n) is 16.7. The summed E-state index contributed by atoms with van der Waals surface area (Å²) in [6, 6.07) is 56.5. The highest BCUT2D eigenvalue weighted by atomic mass is 15.2. The molecule has 0 radical (unpaired) electrons. The molecule has 10 aromatic rings. The number of hydrogen-bond donors (Lipinski definition) is 0. The van der Waals surface area contributed by atoms with Crippen molar-refractivity contribution >= 4 is 43.7 Å². The van der Waals surface area contributed by atoms with E-state index in [0.29, 0.717) is 17.6 Å². The van der Waals surface area contributed by atoms with Gasteiger partial charge in [0.2, 0.25) is 5.95 Å². The van der Waals surface area contributed by atoms with E-state index in [9.17, 15) is 0 Å².